The molecule has 0 aliphatic heterocycles. The zero-order valence-corrected chi connectivity index (χ0v) is 15.2. The first-order valence-electron chi connectivity index (χ1n) is 7.79. The number of allylic oxidation sites excluding steroid dienone is 1. The van der Waals surface area contributed by atoms with Gasteiger partial charge in [-0.25, -0.2) is 4.99 Å². The van der Waals surface area contributed by atoms with E-state index >= 15 is 0 Å². The van der Waals surface area contributed by atoms with Crippen LogP contribution in [0.15, 0.2) is 70.4 Å². The van der Waals surface area contributed by atoms with Crippen LogP contribution in [-0.2, 0) is 0 Å². The Kier molecular flexibility index (Phi) is 6.60. The van der Waals surface area contributed by atoms with E-state index in [0.717, 1.165) is 17.1 Å². The van der Waals surface area contributed by atoms with E-state index in [1.165, 1.54) is 0 Å². The molecule has 0 aliphatic rings. The average molecular weight is 357 g/mol. The summed E-state index contributed by atoms with van der Waals surface area (Å²) in [7, 11) is 0. The summed E-state index contributed by atoms with van der Waals surface area (Å²) in [5.41, 5.74) is 7.63. The van der Waals surface area contributed by atoms with Gasteiger partial charge in [-0.3, -0.25) is 0 Å². The van der Waals surface area contributed by atoms with Gasteiger partial charge in [0.2, 0.25) is 0 Å². The van der Waals surface area contributed by atoms with Crippen LogP contribution in [0, 0.1) is 0 Å². The van der Waals surface area contributed by atoms with Crippen LogP contribution in [-0.4, -0.2) is 11.7 Å². The molecule has 3 N–H and O–H groups in total. The fraction of sp³-hybridized carbons (Fsp3) is 0.158. The highest BCUT2D eigenvalue weighted by atomic mass is 35.5. The van der Waals surface area contributed by atoms with Crippen molar-refractivity contribution in [2.45, 2.75) is 20.8 Å². The maximum atomic E-state index is 5.92. The Balaban J connectivity index is 2.02. The second-order valence-corrected chi connectivity index (χ2v) is 5.84. The predicted molar refractivity (Wildman–Crippen MR) is 106 cm³/mol. The van der Waals surface area contributed by atoms with Crippen molar-refractivity contribution in [3.63, 3.8) is 0 Å². The molecule has 130 valence electrons. The number of hydrogen-bond acceptors (Lipinski definition) is 3. The Morgan fingerprint density at radius 2 is 1.56 bits per heavy atom. The van der Waals surface area contributed by atoms with Crippen LogP contribution in [0.4, 0.5) is 5.69 Å². The minimum absolute atomic E-state index is 0.268. The van der Waals surface area contributed by atoms with Gasteiger partial charge in [-0.15, -0.1) is 0 Å². The highest BCUT2D eigenvalue weighted by molar-refractivity contribution is 6.30. The molecule has 0 aromatic heterocycles. The van der Waals surface area contributed by atoms with Crippen LogP contribution in [0.1, 0.15) is 20.8 Å². The third kappa shape index (κ3) is 6.31. The molecule has 2 rings (SSSR count). The molecule has 5 nitrogen and oxygen atoms in total. The molecule has 0 fully saturated rings. The van der Waals surface area contributed by atoms with Crippen LogP contribution >= 0.6 is 11.6 Å². The van der Waals surface area contributed by atoms with Gasteiger partial charge >= 0.3 is 0 Å². The Morgan fingerprint density at radius 3 is 2.08 bits per heavy atom. The molecule has 0 aliphatic carbocycles. The quantitative estimate of drug-likeness (QED) is 0.571. The molecule has 0 bridgehead atoms. The first-order valence-corrected chi connectivity index (χ1v) is 8.17. The Hall–Kier alpha value is -2.79. The summed E-state index contributed by atoms with van der Waals surface area (Å²) in [5, 5.41) is 3.69. The van der Waals surface area contributed by atoms with E-state index in [9.17, 15) is 0 Å². The Bertz CT molecular complexity index is 789. The lowest BCUT2D eigenvalue weighted by molar-refractivity contribution is 0.483. The van der Waals surface area contributed by atoms with Gasteiger partial charge in [-0.1, -0.05) is 11.6 Å². The highest BCUT2D eigenvalue weighted by Gasteiger charge is 2.00. The molecule has 0 amide bonds. The van der Waals surface area contributed by atoms with Crippen LogP contribution < -0.4 is 15.8 Å². The number of aliphatic imine (C=N–C) groups is 2. The number of rotatable bonds is 5. The summed E-state index contributed by atoms with van der Waals surface area (Å²) in [6, 6.07) is 14.6. The minimum atomic E-state index is 0.268. The average Bonchev–Trinajstić information content (AvgIpc) is 2.57. The minimum Gasteiger partial charge on any atom is -0.457 e. The lowest BCUT2D eigenvalue weighted by Crippen LogP contribution is -2.22. The summed E-state index contributed by atoms with van der Waals surface area (Å²) in [6.45, 7) is 5.67. The van der Waals surface area contributed by atoms with Gasteiger partial charge in [-0.05, 0) is 75.4 Å². The second kappa shape index (κ2) is 8.89. The smallest absolute Gasteiger partial charge is 0.199 e. The van der Waals surface area contributed by atoms with Crippen molar-refractivity contribution in [1.29, 1.82) is 0 Å². The van der Waals surface area contributed by atoms with Crippen molar-refractivity contribution in [2.75, 3.05) is 5.32 Å². The van der Waals surface area contributed by atoms with Crippen LogP contribution in [0.3, 0.4) is 0 Å². The molecule has 2 aromatic rings. The van der Waals surface area contributed by atoms with E-state index in [0.29, 0.717) is 16.6 Å². The van der Waals surface area contributed by atoms with Crippen molar-refractivity contribution in [1.82, 2.24) is 0 Å². The van der Waals surface area contributed by atoms with Crippen molar-refractivity contribution >= 4 is 29.0 Å². The Morgan fingerprint density at radius 1 is 1.00 bits per heavy atom. The van der Waals surface area contributed by atoms with E-state index in [-0.39, 0.29) is 5.96 Å². The SMILES string of the molecule is C/C=C(N=C(C)C)/N=C(\N)Nc1ccc(Oc2ccc(Cl)cc2)cc1. The normalized spacial score (nSPS) is 11.8. The molecule has 0 unspecified atom stereocenters. The van der Waals surface area contributed by atoms with Crippen molar-refractivity contribution in [3.05, 3.63) is 65.5 Å². The number of halogens is 1. The maximum absolute atomic E-state index is 5.92. The number of nitrogens with zero attached hydrogens (tertiary/aromatic N) is 2. The fourth-order valence-electron chi connectivity index (χ4n) is 1.93. The molecule has 6 heteroatoms. The summed E-state index contributed by atoms with van der Waals surface area (Å²) in [4.78, 5) is 8.53. The molecular weight excluding hydrogens is 336 g/mol. The molecule has 0 atom stereocenters. The number of hydrogen-bond donors (Lipinski definition) is 2. The zero-order valence-electron chi connectivity index (χ0n) is 14.5. The molecule has 0 spiro atoms. The molecule has 0 radical (unpaired) electrons. The summed E-state index contributed by atoms with van der Waals surface area (Å²) in [6.07, 6.45) is 1.80. The molecule has 2 aromatic carbocycles. The van der Waals surface area contributed by atoms with Crippen LogP contribution in [0.2, 0.25) is 5.02 Å². The summed E-state index contributed by atoms with van der Waals surface area (Å²) in [5.74, 6) is 2.26. The van der Waals surface area contributed by atoms with Crippen molar-refractivity contribution < 1.29 is 4.74 Å². The molecule has 0 saturated heterocycles. The highest BCUT2D eigenvalue weighted by Crippen LogP contribution is 2.24. The third-order valence-electron chi connectivity index (χ3n) is 3.01. The number of benzene rings is 2. The molecule has 25 heavy (non-hydrogen) atoms. The summed E-state index contributed by atoms with van der Waals surface area (Å²) >= 11 is 5.86. The monoisotopic (exact) mass is 356 g/mol. The molecule has 0 saturated carbocycles. The van der Waals surface area contributed by atoms with Gasteiger partial charge in [0.15, 0.2) is 11.8 Å². The van der Waals surface area contributed by atoms with Gasteiger partial charge < -0.3 is 15.8 Å². The van der Waals surface area contributed by atoms with Gasteiger partial charge in [0.05, 0.1) is 0 Å². The van der Waals surface area contributed by atoms with Gasteiger partial charge in [0, 0.05) is 16.4 Å². The van der Waals surface area contributed by atoms with E-state index in [4.69, 9.17) is 22.1 Å². The molecule has 0 heterocycles. The lowest BCUT2D eigenvalue weighted by Gasteiger charge is -2.08. The van der Waals surface area contributed by atoms with Gasteiger partial charge in [0.1, 0.15) is 11.5 Å². The number of anilines is 1. The second-order valence-electron chi connectivity index (χ2n) is 5.41. The standard InChI is InChI=1S/C19H21ClN4O/c1-4-18(22-13(2)3)24-19(21)23-15-7-11-17(12-8-15)25-16-9-5-14(20)6-10-16/h4-12H,1-3H3,(H3,21,23,24)/b18-4+. The number of guanidine groups is 1. The third-order valence-corrected chi connectivity index (χ3v) is 3.26. The first-order chi connectivity index (χ1) is 12.0. The van der Waals surface area contributed by atoms with Crippen LogP contribution in [0.25, 0.3) is 0 Å². The Labute approximate surface area is 152 Å². The van der Waals surface area contributed by atoms with Crippen molar-refractivity contribution in [3.8, 4) is 11.5 Å². The van der Waals surface area contributed by atoms with E-state index in [1.54, 1.807) is 18.2 Å². The summed E-state index contributed by atoms with van der Waals surface area (Å²) < 4.78 is 5.74. The van der Waals surface area contributed by atoms with Crippen LogP contribution in [0.5, 0.6) is 11.5 Å². The van der Waals surface area contributed by atoms with Gasteiger partial charge in [0.25, 0.3) is 0 Å². The lowest BCUT2D eigenvalue weighted by atomic mass is 10.3. The van der Waals surface area contributed by atoms with E-state index in [1.807, 2.05) is 57.2 Å². The number of ether oxygens (including phenoxy) is 1. The van der Waals surface area contributed by atoms with Crippen molar-refractivity contribution in [2.24, 2.45) is 15.7 Å². The predicted octanol–water partition coefficient (Wildman–Crippen LogP) is 5.20. The molecular formula is C19H21ClN4O. The number of nitrogens with one attached hydrogen (secondary N) is 1. The first kappa shape index (κ1) is 18.5. The topological polar surface area (TPSA) is 72.0 Å². The maximum Gasteiger partial charge on any atom is 0.199 e. The van der Waals surface area contributed by atoms with E-state index in [2.05, 4.69) is 15.3 Å². The number of nitrogens with two attached hydrogens (primary N) is 1. The van der Waals surface area contributed by atoms with E-state index < -0.39 is 0 Å². The largest absolute Gasteiger partial charge is 0.457 e. The van der Waals surface area contributed by atoms with Gasteiger partial charge in [-0.2, -0.15) is 4.99 Å². The zero-order chi connectivity index (χ0) is 18.2. The fourth-order valence-corrected chi connectivity index (χ4v) is 2.05.